The summed E-state index contributed by atoms with van der Waals surface area (Å²) in [7, 11) is 1.28. The number of thiazole rings is 1. The van der Waals surface area contributed by atoms with Gasteiger partial charge in [0.1, 0.15) is 17.0 Å². The van der Waals surface area contributed by atoms with Crippen LogP contribution in [0.4, 0.5) is 9.52 Å². The molecule has 3 atom stereocenters. The number of nitrogens with zero attached hydrogens (tertiary/aromatic N) is 3. The van der Waals surface area contributed by atoms with Crippen molar-refractivity contribution in [3.63, 3.8) is 0 Å². The minimum atomic E-state index is -0.566. The number of methoxy groups -OCH3 is 1. The first-order chi connectivity index (χ1) is 18.9. The Bertz CT molecular complexity index is 1580. The minimum Gasteiger partial charge on any atom is -0.465 e. The molecule has 2 saturated carbocycles. The molecular formula is C28H24Cl2FN3O4S. The summed E-state index contributed by atoms with van der Waals surface area (Å²) >= 11 is 14.4. The molecule has 3 fully saturated rings. The van der Waals surface area contributed by atoms with E-state index in [1.807, 2.05) is 6.07 Å². The van der Waals surface area contributed by atoms with Crippen LogP contribution < -0.4 is 4.90 Å². The lowest BCUT2D eigenvalue weighted by Gasteiger charge is -2.31. The van der Waals surface area contributed by atoms with E-state index in [-0.39, 0.29) is 23.2 Å². The van der Waals surface area contributed by atoms with E-state index in [9.17, 15) is 9.18 Å². The first-order valence-corrected chi connectivity index (χ1v) is 14.5. The summed E-state index contributed by atoms with van der Waals surface area (Å²) < 4.78 is 32.4. The van der Waals surface area contributed by atoms with Crippen molar-refractivity contribution in [3.05, 3.63) is 63.1 Å². The van der Waals surface area contributed by atoms with E-state index >= 15 is 0 Å². The molecule has 3 heterocycles. The van der Waals surface area contributed by atoms with Gasteiger partial charge in [-0.25, -0.2) is 14.2 Å². The minimum absolute atomic E-state index is 0.0832. The van der Waals surface area contributed by atoms with E-state index in [4.69, 9.17) is 37.2 Å². The van der Waals surface area contributed by atoms with Crippen LogP contribution in [0.25, 0.3) is 21.5 Å². The number of halogens is 3. The van der Waals surface area contributed by atoms with Crippen LogP contribution in [0.1, 0.15) is 53.3 Å². The number of carbonyl (C=O) groups is 1. The van der Waals surface area contributed by atoms with Crippen molar-refractivity contribution < 1.29 is 23.2 Å². The average Bonchev–Trinajstić information content (AvgIpc) is 3.24. The maximum atomic E-state index is 14.7. The zero-order valence-corrected chi connectivity index (χ0v) is 23.3. The highest BCUT2D eigenvalue weighted by Crippen LogP contribution is 2.48. The number of anilines is 1. The molecule has 0 unspecified atom stereocenters. The SMILES string of the molecule is COC(=O)c1cc(F)c2nc(N3C[C@@H]4C[C@H]3C[C@@H]4OCc3c(-c4c(Cl)cccc4Cl)noc3C3CC3)sc2c1. The standard InChI is InChI=1S/C28H24Cl2FN3O4S/c1-36-27(35)14-8-20(31)25-22(9-14)39-28(32-25)34-11-15-7-16(34)10-21(15)37-12-17-24(33-38-26(17)13-5-6-13)23-18(29)3-2-4-19(23)30/h2-4,8-9,13,15-16,21H,5-7,10-12H2,1H3/t15-,16-,21-/m0/s1. The molecule has 0 amide bonds. The zero-order chi connectivity index (χ0) is 26.8. The third kappa shape index (κ3) is 4.40. The Morgan fingerprint density at radius 2 is 2.03 bits per heavy atom. The maximum Gasteiger partial charge on any atom is 0.338 e. The smallest absolute Gasteiger partial charge is 0.338 e. The number of ether oxygens (including phenoxy) is 2. The molecule has 202 valence electrons. The van der Waals surface area contributed by atoms with Gasteiger partial charge in [0.15, 0.2) is 10.9 Å². The van der Waals surface area contributed by atoms with E-state index in [0.29, 0.717) is 44.4 Å². The molecule has 11 heteroatoms. The normalized spacial score (nSPS) is 22.3. The Kier molecular flexibility index (Phi) is 6.30. The predicted molar refractivity (Wildman–Crippen MR) is 147 cm³/mol. The van der Waals surface area contributed by atoms with Gasteiger partial charge in [0.05, 0.1) is 40.1 Å². The molecule has 39 heavy (non-hydrogen) atoms. The molecule has 7 rings (SSSR count). The van der Waals surface area contributed by atoms with Gasteiger partial charge in [-0.05, 0) is 49.9 Å². The fourth-order valence-electron chi connectivity index (χ4n) is 5.92. The molecule has 3 aliphatic rings. The molecule has 1 aliphatic heterocycles. The monoisotopic (exact) mass is 587 g/mol. The summed E-state index contributed by atoms with van der Waals surface area (Å²) in [5, 5.41) is 6.19. The van der Waals surface area contributed by atoms with Crippen molar-refractivity contribution in [2.45, 2.75) is 50.4 Å². The van der Waals surface area contributed by atoms with E-state index in [1.165, 1.54) is 24.5 Å². The van der Waals surface area contributed by atoms with Gasteiger partial charge in [-0.3, -0.25) is 0 Å². The molecule has 4 aromatic rings. The van der Waals surface area contributed by atoms with Gasteiger partial charge in [-0.1, -0.05) is 45.8 Å². The number of rotatable bonds is 7. The summed E-state index contributed by atoms with van der Waals surface area (Å²) in [5.74, 6) is 0.475. The molecule has 2 bridgehead atoms. The molecule has 0 radical (unpaired) electrons. The van der Waals surface area contributed by atoms with Crippen LogP contribution in [-0.2, 0) is 16.1 Å². The summed E-state index contributed by atoms with van der Waals surface area (Å²) in [5.41, 5.74) is 2.72. The third-order valence-corrected chi connectivity index (χ3v) is 9.66. The molecule has 2 aromatic heterocycles. The van der Waals surface area contributed by atoms with Crippen molar-refractivity contribution in [1.82, 2.24) is 10.1 Å². The lowest BCUT2D eigenvalue weighted by Crippen LogP contribution is -2.38. The molecular weight excluding hydrogens is 564 g/mol. The van der Waals surface area contributed by atoms with E-state index < -0.39 is 11.8 Å². The number of benzene rings is 2. The van der Waals surface area contributed by atoms with Crippen molar-refractivity contribution in [1.29, 1.82) is 0 Å². The third-order valence-electron chi connectivity index (χ3n) is 7.99. The highest BCUT2D eigenvalue weighted by Gasteiger charge is 2.46. The fraction of sp³-hybridized carbons (Fsp3) is 0.393. The summed E-state index contributed by atoms with van der Waals surface area (Å²) in [6.07, 6.45) is 4.07. The largest absolute Gasteiger partial charge is 0.465 e. The highest BCUT2D eigenvalue weighted by atomic mass is 35.5. The first-order valence-electron chi connectivity index (χ1n) is 12.9. The van der Waals surface area contributed by atoms with Gasteiger partial charge < -0.3 is 18.9 Å². The number of carbonyl (C=O) groups excluding carboxylic acids is 1. The molecule has 2 aromatic carbocycles. The molecule has 1 saturated heterocycles. The highest BCUT2D eigenvalue weighted by molar-refractivity contribution is 7.22. The number of aromatic nitrogens is 2. The molecule has 2 aliphatic carbocycles. The van der Waals surface area contributed by atoms with Gasteiger partial charge >= 0.3 is 5.97 Å². The van der Waals surface area contributed by atoms with Crippen molar-refractivity contribution >= 4 is 55.9 Å². The molecule has 7 nitrogen and oxygen atoms in total. The van der Waals surface area contributed by atoms with Crippen molar-refractivity contribution in [2.75, 3.05) is 18.6 Å². The van der Waals surface area contributed by atoms with Crippen LogP contribution in [0, 0.1) is 11.7 Å². The van der Waals surface area contributed by atoms with E-state index in [2.05, 4.69) is 15.0 Å². The van der Waals surface area contributed by atoms with Crippen molar-refractivity contribution in [3.8, 4) is 11.3 Å². The van der Waals surface area contributed by atoms with Crippen LogP contribution in [-0.4, -0.2) is 41.9 Å². The lowest BCUT2D eigenvalue weighted by molar-refractivity contribution is 0.0122. The Morgan fingerprint density at radius 3 is 2.72 bits per heavy atom. The lowest BCUT2D eigenvalue weighted by atomic mass is 10.0. The van der Waals surface area contributed by atoms with E-state index in [0.717, 1.165) is 48.7 Å². The molecule has 0 N–H and O–H groups in total. The quantitative estimate of drug-likeness (QED) is 0.211. The van der Waals surface area contributed by atoms with Crippen LogP contribution in [0.2, 0.25) is 10.0 Å². The topological polar surface area (TPSA) is 77.7 Å². The van der Waals surface area contributed by atoms with Gasteiger partial charge in [-0.15, -0.1) is 0 Å². The second-order valence-electron chi connectivity index (χ2n) is 10.4. The van der Waals surface area contributed by atoms with Crippen LogP contribution in [0.15, 0.2) is 34.9 Å². The maximum absolute atomic E-state index is 14.7. The Labute approximate surface area is 237 Å². The summed E-state index contributed by atoms with van der Waals surface area (Å²) in [6.45, 7) is 1.16. The number of hydrogen-bond donors (Lipinski definition) is 0. The molecule has 0 spiro atoms. The Balaban J connectivity index is 1.08. The van der Waals surface area contributed by atoms with Gasteiger partial charge in [0.2, 0.25) is 0 Å². The summed E-state index contributed by atoms with van der Waals surface area (Å²) in [6, 6.07) is 8.49. The van der Waals surface area contributed by atoms with Crippen LogP contribution in [0.3, 0.4) is 0 Å². The van der Waals surface area contributed by atoms with Crippen molar-refractivity contribution in [2.24, 2.45) is 5.92 Å². The second-order valence-corrected chi connectivity index (χ2v) is 12.2. The Morgan fingerprint density at radius 1 is 1.23 bits per heavy atom. The zero-order valence-electron chi connectivity index (χ0n) is 21.0. The summed E-state index contributed by atoms with van der Waals surface area (Å²) in [4.78, 5) is 18.7. The number of piperidine rings is 1. The number of esters is 1. The van der Waals surface area contributed by atoms with Gasteiger partial charge in [-0.2, -0.15) is 0 Å². The average molecular weight is 588 g/mol. The van der Waals surface area contributed by atoms with E-state index in [1.54, 1.807) is 18.2 Å². The predicted octanol–water partition coefficient (Wildman–Crippen LogP) is 7.25. The first kappa shape index (κ1) is 25.3. The second kappa shape index (κ2) is 9.73. The van der Waals surface area contributed by atoms with Crippen LogP contribution >= 0.6 is 34.5 Å². The number of fused-ring (bicyclic) bond motifs is 3. The fourth-order valence-corrected chi connectivity index (χ4v) is 7.60. The number of hydrogen-bond acceptors (Lipinski definition) is 8. The van der Waals surface area contributed by atoms with Crippen LogP contribution in [0.5, 0.6) is 0 Å². The Hall–Kier alpha value is -2.72. The van der Waals surface area contributed by atoms with Gasteiger partial charge in [0.25, 0.3) is 0 Å². The van der Waals surface area contributed by atoms with Gasteiger partial charge in [0, 0.05) is 35.5 Å².